The fourth-order valence-electron chi connectivity index (χ4n) is 3.43. The second kappa shape index (κ2) is 13.5. The van der Waals surface area contributed by atoms with Gasteiger partial charge >= 0.3 is 5.97 Å². The van der Waals surface area contributed by atoms with Gasteiger partial charge < -0.3 is 19.1 Å². The van der Waals surface area contributed by atoms with Crippen LogP contribution in [-0.4, -0.2) is 81.0 Å². The lowest BCUT2D eigenvalue weighted by Crippen LogP contribution is -2.41. The van der Waals surface area contributed by atoms with E-state index in [1.807, 2.05) is 29.2 Å². The van der Waals surface area contributed by atoms with Gasteiger partial charge in [-0.15, -0.1) is 11.8 Å². The Bertz CT molecular complexity index is 655. The molecule has 1 heterocycles. The van der Waals surface area contributed by atoms with Crippen molar-refractivity contribution in [3.8, 4) is 5.75 Å². The lowest BCUT2D eigenvalue weighted by molar-refractivity contribution is -0.143. The fraction of sp³-hybridized carbons (Fsp3) is 0.636. The number of carbonyl (C=O) groups is 2. The van der Waals surface area contributed by atoms with Crippen LogP contribution in [0.3, 0.4) is 0 Å². The average molecular weight is 439 g/mol. The van der Waals surface area contributed by atoms with Crippen LogP contribution >= 0.6 is 11.8 Å². The normalized spacial score (nSPS) is 16.1. The minimum absolute atomic E-state index is 0.0313. The minimum Gasteiger partial charge on any atom is -0.497 e. The number of nitrogens with zero attached hydrogens (tertiary/aromatic N) is 2. The Labute approximate surface area is 184 Å². The summed E-state index contributed by atoms with van der Waals surface area (Å²) in [7, 11) is 3.33. The van der Waals surface area contributed by atoms with E-state index in [2.05, 4.69) is 4.90 Å². The zero-order valence-electron chi connectivity index (χ0n) is 18.3. The predicted octanol–water partition coefficient (Wildman–Crippen LogP) is 2.95. The average Bonchev–Trinajstić information content (AvgIpc) is 3.24. The van der Waals surface area contributed by atoms with Crippen LogP contribution in [0.2, 0.25) is 0 Å². The van der Waals surface area contributed by atoms with Crippen LogP contribution in [-0.2, 0) is 19.1 Å². The Morgan fingerprint density at radius 2 is 1.90 bits per heavy atom. The third-order valence-corrected chi connectivity index (χ3v) is 6.22. The highest BCUT2D eigenvalue weighted by molar-refractivity contribution is 7.99. The van der Waals surface area contributed by atoms with E-state index in [1.54, 1.807) is 32.9 Å². The molecule has 1 amide bonds. The van der Waals surface area contributed by atoms with E-state index in [9.17, 15) is 9.59 Å². The van der Waals surface area contributed by atoms with Gasteiger partial charge in [-0.05, 0) is 44.0 Å². The van der Waals surface area contributed by atoms with E-state index in [0.29, 0.717) is 39.1 Å². The van der Waals surface area contributed by atoms with Crippen LogP contribution in [0.25, 0.3) is 0 Å². The predicted molar refractivity (Wildman–Crippen MR) is 119 cm³/mol. The van der Waals surface area contributed by atoms with Crippen LogP contribution in [0.15, 0.2) is 24.3 Å². The number of carbonyl (C=O) groups excluding carboxylic acids is 2. The molecule has 1 saturated heterocycles. The molecule has 0 N–H and O–H groups in total. The molecule has 0 aliphatic carbocycles. The molecule has 2 rings (SSSR count). The van der Waals surface area contributed by atoms with Gasteiger partial charge in [-0.25, -0.2) is 0 Å². The maximum absolute atomic E-state index is 13.1. The zero-order chi connectivity index (χ0) is 21.8. The van der Waals surface area contributed by atoms with Gasteiger partial charge in [-0.3, -0.25) is 14.5 Å². The van der Waals surface area contributed by atoms with Crippen molar-refractivity contribution >= 4 is 23.6 Å². The smallest absolute Gasteiger partial charge is 0.305 e. The molecule has 1 aliphatic rings. The van der Waals surface area contributed by atoms with Crippen LogP contribution in [0.5, 0.6) is 5.75 Å². The Morgan fingerprint density at radius 1 is 1.17 bits per heavy atom. The quantitative estimate of drug-likeness (QED) is 0.346. The molecule has 30 heavy (non-hydrogen) atoms. The first-order chi connectivity index (χ1) is 14.6. The highest BCUT2D eigenvalue weighted by Gasteiger charge is 2.31. The van der Waals surface area contributed by atoms with Gasteiger partial charge in [-0.1, -0.05) is 12.1 Å². The topological polar surface area (TPSA) is 68.3 Å². The number of amides is 1. The van der Waals surface area contributed by atoms with E-state index in [4.69, 9.17) is 14.2 Å². The molecule has 0 aromatic heterocycles. The van der Waals surface area contributed by atoms with Gasteiger partial charge in [0.1, 0.15) is 11.1 Å². The summed E-state index contributed by atoms with van der Waals surface area (Å²) in [6.45, 7) is 5.39. The molecule has 0 saturated carbocycles. The molecule has 7 nitrogen and oxygen atoms in total. The van der Waals surface area contributed by atoms with Crippen molar-refractivity contribution in [3.63, 3.8) is 0 Å². The summed E-state index contributed by atoms with van der Waals surface area (Å²) in [5.74, 6) is 1.67. The number of esters is 1. The summed E-state index contributed by atoms with van der Waals surface area (Å²) in [6, 6.07) is 7.92. The number of thioether (sulfide) groups is 1. The summed E-state index contributed by atoms with van der Waals surface area (Å²) in [6.07, 6.45) is 1.90. The molecule has 1 aromatic rings. The monoisotopic (exact) mass is 438 g/mol. The lowest BCUT2D eigenvalue weighted by Gasteiger charge is -2.28. The van der Waals surface area contributed by atoms with Crippen molar-refractivity contribution in [2.24, 2.45) is 0 Å². The van der Waals surface area contributed by atoms with E-state index >= 15 is 0 Å². The number of methoxy groups -OCH3 is 2. The Balaban J connectivity index is 1.94. The lowest BCUT2D eigenvalue weighted by atomic mass is 10.2. The molecule has 0 spiro atoms. The van der Waals surface area contributed by atoms with Gasteiger partial charge in [0.05, 0.1) is 20.3 Å². The van der Waals surface area contributed by atoms with Crippen molar-refractivity contribution in [1.29, 1.82) is 0 Å². The number of benzene rings is 1. The van der Waals surface area contributed by atoms with E-state index in [1.165, 1.54) is 0 Å². The van der Waals surface area contributed by atoms with Crippen LogP contribution in [0, 0.1) is 0 Å². The summed E-state index contributed by atoms with van der Waals surface area (Å²) in [4.78, 5) is 28.8. The third-order valence-electron chi connectivity index (χ3n) is 4.95. The summed E-state index contributed by atoms with van der Waals surface area (Å²) in [5, 5.41) is 0.0313. The first-order valence-electron chi connectivity index (χ1n) is 10.5. The van der Waals surface area contributed by atoms with Gasteiger partial charge in [0.2, 0.25) is 5.91 Å². The maximum Gasteiger partial charge on any atom is 0.305 e. The third kappa shape index (κ3) is 7.81. The first kappa shape index (κ1) is 24.5. The maximum atomic E-state index is 13.1. The molecular weight excluding hydrogens is 404 g/mol. The summed E-state index contributed by atoms with van der Waals surface area (Å²) < 4.78 is 15.4. The van der Waals surface area contributed by atoms with E-state index in [0.717, 1.165) is 36.6 Å². The molecule has 1 aliphatic heterocycles. The largest absolute Gasteiger partial charge is 0.497 e. The molecular formula is C22H34N2O5S. The SMILES string of the molecule is CCOC(=O)CCCN(CCCOC)CC(=O)N1CCS[C@H]1c1ccc(OC)cc1. The second-order valence-electron chi connectivity index (χ2n) is 7.11. The number of hydrogen-bond donors (Lipinski definition) is 0. The second-order valence-corrected chi connectivity index (χ2v) is 8.30. The number of hydrogen-bond acceptors (Lipinski definition) is 7. The van der Waals surface area contributed by atoms with Gasteiger partial charge in [0, 0.05) is 39.0 Å². The van der Waals surface area contributed by atoms with Gasteiger partial charge in [-0.2, -0.15) is 0 Å². The van der Waals surface area contributed by atoms with Crippen LogP contribution < -0.4 is 4.74 Å². The highest BCUT2D eigenvalue weighted by atomic mass is 32.2. The number of rotatable bonds is 13. The Kier molecular flexibility index (Phi) is 11.0. The zero-order valence-corrected chi connectivity index (χ0v) is 19.1. The molecule has 1 fully saturated rings. The molecule has 8 heteroatoms. The Hall–Kier alpha value is -1.77. The molecule has 168 valence electrons. The molecule has 0 radical (unpaired) electrons. The summed E-state index contributed by atoms with van der Waals surface area (Å²) in [5.41, 5.74) is 1.11. The van der Waals surface area contributed by atoms with Crippen molar-refractivity contribution in [1.82, 2.24) is 9.80 Å². The standard InChI is InChI=1S/C22H34N2O5S/c1-4-29-21(26)7-5-12-23(13-6-15-27-2)17-20(25)24-14-16-30-22(24)18-8-10-19(28-3)11-9-18/h8-11,22H,4-7,12-17H2,1-3H3/t22-/m0/s1. The van der Waals surface area contributed by atoms with Gasteiger partial charge in [0.25, 0.3) is 0 Å². The molecule has 1 atom stereocenters. The molecule has 0 bridgehead atoms. The van der Waals surface area contributed by atoms with Crippen LogP contribution in [0.4, 0.5) is 0 Å². The fourth-order valence-corrected chi connectivity index (χ4v) is 4.71. The van der Waals surface area contributed by atoms with E-state index in [-0.39, 0.29) is 17.3 Å². The Morgan fingerprint density at radius 3 is 2.57 bits per heavy atom. The van der Waals surface area contributed by atoms with Crippen molar-refractivity contribution in [3.05, 3.63) is 29.8 Å². The van der Waals surface area contributed by atoms with Crippen molar-refractivity contribution in [2.75, 3.05) is 59.4 Å². The number of ether oxygens (including phenoxy) is 3. The highest BCUT2D eigenvalue weighted by Crippen LogP contribution is 2.38. The first-order valence-corrected chi connectivity index (χ1v) is 11.6. The molecule has 1 aromatic carbocycles. The van der Waals surface area contributed by atoms with Crippen LogP contribution in [0.1, 0.15) is 37.1 Å². The molecule has 0 unspecified atom stereocenters. The van der Waals surface area contributed by atoms with E-state index < -0.39 is 0 Å². The van der Waals surface area contributed by atoms with Gasteiger partial charge in [0.15, 0.2) is 0 Å². The van der Waals surface area contributed by atoms with Crippen molar-refractivity contribution in [2.45, 2.75) is 31.6 Å². The minimum atomic E-state index is -0.184. The summed E-state index contributed by atoms with van der Waals surface area (Å²) >= 11 is 1.79. The van der Waals surface area contributed by atoms with Crippen molar-refractivity contribution < 1.29 is 23.8 Å².